The van der Waals surface area contributed by atoms with Crippen molar-refractivity contribution in [2.75, 3.05) is 11.9 Å². The van der Waals surface area contributed by atoms with Crippen LogP contribution in [0.15, 0.2) is 49.1 Å². The number of phenolic OH excluding ortho intramolecular Hbond substituents is 1. The molecule has 2 bridgehead atoms. The number of hydrogen-bond donors (Lipinski definition) is 3. The second-order valence-corrected chi connectivity index (χ2v) is 7.83. The van der Waals surface area contributed by atoms with E-state index in [4.69, 9.17) is 0 Å². The molecule has 28 heavy (non-hydrogen) atoms. The molecule has 0 aliphatic carbocycles. The van der Waals surface area contributed by atoms with E-state index in [1.165, 1.54) is 25.7 Å². The smallest absolute Gasteiger partial charge is 0.148 e. The van der Waals surface area contributed by atoms with E-state index in [-0.39, 0.29) is 5.75 Å². The van der Waals surface area contributed by atoms with Crippen LogP contribution in [0.25, 0.3) is 16.9 Å². The SMILES string of the molecule is Oc1cc(-n2ccnc2)ccc1-c1ccc(NCC2CC3CCC(C2)N3)nn1. The lowest BCUT2D eigenvalue weighted by atomic mass is 9.92. The first-order valence-electron chi connectivity index (χ1n) is 9.90. The quantitative estimate of drug-likeness (QED) is 0.635. The lowest BCUT2D eigenvalue weighted by molar-refractivity contribution is 0.311. The highest BCUT2D eigenvalue weighted by Gasteiger charge is 2.33. The molecule has 0 saturated carbocycles. The van der Waals surface area contributed by atoms with Crippen LogP contribution in [0.4, 0.5) is 5.82 Å². The van der Waals surface area contributed by atoms with Crippen molar-refractivity contribution >= 4 is 5.82 Å². The van der Waals surface area contributed by atoms with Gasteiger partial charge in [-0.25, -0.2) is 4.98 Å². The summed E-state index contributed by atoms with van der Waals surface area (Å²) >= 11 is 0. The molecule has 2 aliphatic heterocycles. The summed E-state index contributed by atoms with van der Waals surface area (Å²) in [5.74, 6) is 1.65. The maximum Gasteiger partial charge on any atom is 0.148 e. The summed E-state index contributed by atoms with van der Waals surface area (Å²) in [7, 11) is 0. The maximum atomic E-state index is 10.4. The summed E-state index contributed by atoms with van der Waals surface area (Å²) in [5.41, 5.74) is 2.17. The molecule has 144 valence electrons. The third kappa shape index (κ3) is 3.45. The predicted molar refractivity (Wildman–Crippen MR) is 107 cm³/mol. The molecular formula is C21H24N6O. The van der Waals surface area contributed by atoms with Crippen LogP contribution in [-0.2, 0) is 0 Å². The number of phenols is 1. The minimum Gasteiger partial charge on any atom is -0.507 e. The third-order valence-corrected chi connectivity index (χ3v) is 5.87. The highest BCUT2D eigenvalue weighted by Crippen LogP contribution is 2.32. The molecule has 0 radical (unpaired) electrons. The zero-order chi connectivity index (χ0) is 18.9. The van der Waals surface area contributed by atoms with Crippen molar-refractivity contribution in [1.82, 2.24) is 25.1 Å². The number of nitrogens with one attached hydrogen (secondary N) is 2. The van der Waals surface area contributed by atoms with E-state index in [0.29, 0.717) is 29.3 Å². The Morgan fingerprint density at radius 3 is 2.64 bits per heavy atom. The first-order valence-corrected chi connectivity index (χ1v) is 9.90. The van der Waals surface area contributed by atoms with Crippen molar-refractivity contribution < 1.29 is 5.11 Å². The average Bonchev–Trinajstić information content (AvgIpc) is 3.37. The van der Waals surface area contributed by atoms with Crippen LogP contribution < -0.4 is 10.6 Å². The molecular weight excluding hydrogens is 352 g/mol. The van der Waals surface area contributed by atoms with E-state index in [1.54, 1.807) is 18.6 Å². The minimum atomic E-state index is 0.173. The third-order valence-electron chi connectivity index (χ3n) is 5.87. The molecule has 7 nitrogen and oxygen atoms in total. The fourth-order valence-corrected chi connectivity index (χ4v) is 4.47. The van der Waals surface area contributed by atoms with Gasteiger partial charge in [-0.05, 0) is 55.9 Å². The Labute approximate surface area is 163 Å². The molecule has 3 aromatic rings. The minimum absolute atomic E-state index is 0.173. The van der Waals surface area contributed by atoms with Gasteiger partial charge < -0.3 is 20.3 Å². The number of aromatic nitrogens is 4. The average molecular weight is 376 g/mol. The zero-order valence-corrected chi connectivity index (χ0v) is 15.6. The fraction of sp³-hybridized carbons (Fsp3) is 0.381. The molecule has 4 heterocycles. The fourth-order valence-electron chi connectivity index (χ4n) is 4.47. The summed E-state index contributed by atoms with van der Waals surface area (Å²) in [6, 6.07) is 10.7. The standard InChI is InChI=1S/C21H24N6O/c28-20-11-17(27-8-7-22-13-27)3-4-18(20)19-5-6-21(26-25-19)23-12-14-9-15-1-2-16(10-14)24-15/h3-8,11,13-16,24,28H,1-2,9-10,12H2,(H,23,26). The van der Waals surface area contributed by atoms with Gasteiger partial charge in [0.05, 0.1) is 17.7 Å². The molecule has 2 unspecified atom stereocenters. The molecule has 2 atom stereocenters. The van der Waals surface area contributed by atoms with Crippen molar-refractivity contribution in [3.05, 3.63) is 49.1 Å². The van der Waals surface area contributed by atoms with E-state index in [0.717, 1.165) is 18.1 Å². The van der Waals surface area contributed by atoms with Gasteiger partial charge in [-0.3, -0.25) is 0 Å². The van der Waals surface area contributed by atoms with Gasteiger partial charge in [0, 0.05) is 42.7 Å². The van der Waals surface area contributed by atoms with Crippen molar-refractivity contribution in [3.8, 4) is 22.7 Å². The number of rotatable bonds is 5. The first-order chi connectivity index (χ1) is 13.7. The van der Waals surface area contributed by atoms with Crippen molar-refractivity contribution in [2.24, 2.45) is 5.92 Å². The number of anilines is 1. The Balaban J connectivity index is 1.25. The molecule has 0 spiro atoms. The van der Waals surface area contributed by atoms with Gasteiger partial charge in [0.1, 0.15) is 11.6 Å². The number of nitrogens with zero attached hydrogens (tertiary/aromatic N) is 4. The van der Waals surface area contributed by atoms with Gasteiger partial charge in [0.25, 0.3) is 0 Å². The van der Waals surface area contributed by atoms with Crippen LogP contribution in [0.1, 0.15) is 25.7 Å². The summed E-state index contributed by atoms with van der Waals surface area (Å²) < 4.78 is 1.84. The van der Waals surface area contributed by atoms with Crippen LogP contribution in [0.5, 0.6) is 5.75 Å². The second kappa shape index (κ2) is 7.24. The van der Waals surface area contributed by atoms with E-state index in [2.05, 4.69) is 25.8 Å². The summed E-state index contributed by atoms with van der Waals surface area (Å²) in [4.78, 5) is 4.03. The molecule has 2 saturated heterocycles. The van der Waals surface area contributed by atoms with E-state index < -0.39 is 0 Å². The van der Waals surface area contributed by atoms with Crippen molar-refractivity contribution in [1.29, 1.82) is 0 Å². The topological polar surface area (TPSA) is 87.9 Å². The van der Waals surface area contributed by atoms with Crippen LogP contribution in [0, 0.1) is 5.92 Å². The van der Waals surface area contributed by atoms with E-state index in [9.17, 15) is 5.11 Å². The Bertz CT molecular complexity index is 928. The molecule has 3 N–H and O–H groups in total. The largest absolute Gasteiger partial charge is 0.507 e. The second-order valence-electron chi connectivity index (χ2n) is 7.83. The first kappa shape index (κ1) is 17.2. The summed E-state index contributed by atoms with van der Waals surface area (Å²) in [6.07, 6.45) is 10.4. The number of aromatic hydroxyl groups is 1. The summed E-state index contributed by atoms with van der Waals surface area (Å²) in [5, 5.41) is 26.1. The molecule has 2 aliphatic rings. The van der Waals surface area contributed by atoms with Crippen molar-refractivity contribution in [3.63, 3.8) is 0 Å². The Morgan fingerprint density at radius 1 is 1.11 bits per heavy atom. The van der Waals surface area contributed by atoms with Crippen LogP contribution in [0.3, 0.4) is 0 Å². The number of imidazole rings is 1. The molecule has 7 heteroatoms. The molecule has 2 fully saturated rings. The lowest BCUT2D eigenvalue weighted by Crippen LogP contribution is -2.40. The van der Waals surface area contributed by atoms with Gasteiger partial charge in [-0.2, -0.15) is 0 Å². The van der Waals surface area contributed by atoms with Crippen LogP contribution in [-0.4, -0.2) is 43.5 Å². The van der Waals surface area contributed by atoms with Crippen LogP contribution >= 0.6 is 0 Å². The number of hydrogen-bond acceptors (Lipinski definition) is 6. The maximum absolute atomic E-state index is 10.4. The predicted octanol–water partition coefficient (Wildman–Crippen LogP) is 2.98. The van der Waals surface area contributed by atoms with Gasteiger partial charge in [0.15, 0.2) is 0 Å². The van der Waals surface area contributed by atoms with Gasteiger partial charge >= 0.3 is 0 Å². The van der Waals surface area contributed by atoms with Gasteiger partial charge in [-0.1, -0.05) is 0 Å². The molecule has 2 aromatic heterocycles. The van der Waals surface area contributed by atoms with Gasteiger partial charge in [-0.15, -0.1) is 10.2 Å². The van der Waals surface area contributed by atoms with E-state index >= 15 is 0 Å². The summed E-state index contributed by atoms with van der Waals surface area (Å²) in [6.45, 7) is 0.938. The highest BCUT2D eigenvalue weighted by molar-refractivity contribution is 5.68. The monoisotopic (exact) mass is 376 g/mol. The normalized spacial score (nSPS) is 23.6. The Kier molecular flexibility index (Phi) is 4.44. The Hall–Kier alpha value is -2.93. The lowest BCUT2D eigenvalue weighted by Gasteiger charge is -2.29. The van der Waals surface area contributed by atoms with Crippen molar-refractivity contribution in [2.45, 2.75) is 37.8 Å². The molecule has 1 aromatic carbocycles. The highest BCUT2D eigenvalue weighted by atomic mass is 16.3. The number of fused-ring (bicyclic) bond motifs is 2. The molecule has 5 rings (SSSR count). The molecule has 0 amide bonds. The number of piperidine rings is 1. The Morgan fingerprint density at radius 2 is 1.96 bits per heavy atom. The van der Waals surface area contributed by atoms with Gasteiger partial charge in [0.2, 0.25) is 0 Å². The number of benzene rings is 1. The van der Waals surface area contributed by atoms with Crippen LogP contribution in [0.2, 0.25) is 0 Å². The van der Waals surface area contributed by atoms with E-state index in [1.807, 2.05) is 35.0 Å². The zero-order valence-electron chi connectivity index (χ0n) is 15.6.